The zero-order chi connectivity index (χ0) is 15.9. The molecule has 21 heavy (non-hydrogen) atoms. The van der Waals surface area contributed by atoms with Gasteiger partial charge in [-0.2, -0.15) is 0 Å². The molecule has 1 aromatic carbocycles. The SMILES string of the molecule is CC(NCC(=O)OC(C)(C)C)C(=O)OCc1ccccc1. The molecule has 0 aliphatic rings. The number of esters is 2. The number of rotatable bonds is 6. The summed E-state index contributed by atoms with van der Waals surface area (Å²) < 4.78 is 10.3. The third-order valence-electron chi connectivity index (χ3n) is 2.55. The number of hydrogen-bond donors (Lipinski definition) is 1. The second-order valence-corrected chi connectivity index (χ2v) is 5.78. The molecule has 0 aliphatic carbocycles. The quantitative estimate of drug-likeness (QED) is 0.813. The fourth-order valence-corrected chi connectivity index (χ4v) is 1.55. The van der Waals surface area contributed by atoms with Crippen LogP contribution in [0.3, 0.4) is 0 Å². The van der Waals surface area contributed by atoms with Crippen LogP contribution in [-0.2, 0) is 25.7 Å². The number of ether oxygens (including phenoxy) is 2. The first-order chi connectivity index (χ1) is 9.78. The fraction of sp³-hybridized carbons (Fsp3) is 0.500. The van der Waals surface area contributed by atoms with Crippen molar-refractivity contribution < 1.29 is 19.1 Å². The van der Waals surface area contributed by atoms with Gasteiger partial charge in [0.2, 0.25) is 0 Å². The van der Waals surface area contributed by atoms with Gasteiger partial charge >= 0.3 is 11.9 Å². The maximum atomic E-state index is 11.8. The molecule has 1 atom stereocenters. The predicted molar refractivity (Wildman–Crippen MR) is 79.5 cm³/mol. The van der Waals surface area contributed by atoms with Gasteiger partial charge in [-0.25, -0.2) is 0 Å². The van der Waals surface area contributed by atoms with Crippen LogP contribution in [0.2, 0.25) is 0 Å². The van der Waals surface area contributed by atoms with Crippen molar-refractivity contribution in [2.24, 2.45) is 0 Å². The molecule has 1 unspecified atom stereocenters. The number of hydrogen-bond acceptors (Lipinski definition) is 5. The highest BCUT2D eigenvalue weighted by molar-refractivity contribution is 5.77. The molecule has 0 saturated heterocycles. The number of carbonyl (C=O) groups excluding carboxylic acids is 2. The lowest BCUT2D eigenvalue weighted by Crippen LogP contribution is -2.40. The molecular weight excluding hydrogens is 270 g/mol. The van der Waals surface area contributed by atoms with Gasteiger partial charge in [0.25, 0.3) is 0 Å². The summed E-state index contributed by atoms with van der Waals surface area (Å²) in [5, 5.41) is 2.79. The Balaban J connectivity index is 2.30. The molecule has 1 rings (SSSR count). The van der Waals surface area contributed by atoms with Crippen molar-refractivity contribution in [1.29, 1.82) is 0 Å². The van der Waals surface area contributed by atoms with Gasteiger partial charge < -0.3 is 9.47 Å². The molecule has 0 fully saturated rings. The zero-order valence-electron chi connectivity index (χ0n) is 13.0. The Hall–Kier alpha value is -1.88. The van der Waals surface area contributed by atoms with E-state index in [1.807, 2.05) is 30.3 Å². The van der Waals surface area contributed by atoms with Crippen LogP contribution in [0.4, 0.5) is 0 Å². The molecule has 0 spiro atoms. The van der Waals surface area contributed by atoms with Gasteiger partial charge in [-0.3, -0.25) is 14.9 Å². The van der Waals surface area contributed by atoms with E-state index in [2.05, 4.69) is 5.32 Å². The summed E-state index contributed by atoms with van der Waals surface area (Å²) in [5.41, 5.74) is 0.390. The van der Waals surface area contributed by atoms with Crippen LogP contribution < -0.4 is 5.32 Å². The Morgan fingerprint density at radius 3 is 2.38 bits per heavy atom. The second kappa shape index (κ2) is 7.78. The molecule has 0 aliphatic heterocycles. The topological polar surface area (TPSA) is 64.6 Å². The van der Waals surface area contributed by atoms with Gasteiger partial charge in [0, 0.05) is 0 Å². The van der Waals surface area contributed by atoms with Crippen molar-refractivity contribution in [3.8, 4) is 0 Å². The number of carbonyl (C=O) groups is 2. The molecular formula is C16H23NO4. The highest BCUT2D eigenvalue weighted by Crippen LogP contribution is 2.06. The van der Waals surface area contributed by atoms with Gasteiger partial charge in [-0.1, -0.05) is 30.3 Å². The summed E-state index contributed by atoms with van der Waals surface area (Å²) in [6.07, 6.45) is 0. The summed E-state index contributed by atoms with van der Waals surface area (Å²) in [5.74, 6) is -0.798. The van der Waals surface area contributed by atoms with Crippen LogP contribution in [-0.4, -0.2) is 30.1 Å². The summed E-state index contributed by atoms with van der Waals surface area (Å²) in [6.45, 7) is 7.22. The molecule has 0 bridgehead atoms. The van der Waals surface area contributed by atoms with E-state index in [4.69, 9.17) is 9.47 Å². The van der Waals surface area contributed by atoms with E-state index in [9.17, 15) is 9.59 Å². The van der Waals surface area contributed by atoms with E-state index in [-0.39, 0.29) is 13.2 Å². The van der Waals surface area contributed by atoms with Crippen molar-refractivity contribution in [2.75, 3.05) is 6.54 Å². The Morgan fingerprint density at radius 1 is 1.19 bits per heavy atom. The Bertz CT molecular complexity index is 465. The molecule has 0 amide bonds. The van der Waals surface area contributed by atoms with Gasteiger partial charge in [0.15, 0.2) is 0 Å². The average Bonchev–Trinajstić information content (AvgIpc) is 2.41. The second-order valence-electron chi connectivity index (χ2n) is 5.78. The molecule has 0 aromatic heterocycles. The first-order valence-corrected chi connectivity index (χ1v) is 6.94. The largest absolute Gasteiger partial charge is 0.460 e. The smallest absolute Gasteiger partial charge is 0.323 e. The lowest BCUT2D eigenvalue weighted by Gasteiger charge is -2.20. The molecule has 1 N–H and O–H groups in total. The first-order valence-electron chi connectivity index (χ1n) is 6.94. The summed E-state index contributed by atoms with van der Waals surface area (Å²) in [6, 6.07) is 8.86. The van der Waals surface area contributed by atoms with Crippen molar-refractivity contribution in [1.82, 2.24) is 5.32 Å². The summed E-state index contributed by atoms with van der Waals surface area (Å²) in [7, 11) is 0. The van der Waals surface area contributed by atoms with Crippen LogP contribution in [0, 0.1) is 0 Å². The van der Waals surface area contributed by atoms with Crippen molar-refractivity contribution >= 4 is 11.9 Å². The van der Waals surface area contributed by atoms with E-state index >= 15 is 0 Å². The highest BCUT2D eigenvalue weighted by atomic mass is 16.6. The van der Waals surface area contributed by atoms with E-state index in [0.717, 1.165) is 5.56 Å². The van der Waals surface area contributed by atoms with E-state index in [0.29, 0.717) is 0 Å². The predicted octanol–water partition coefficient (Wildman–Crippen LogP) is 2.05. The maximum absolute atomic E-state index is 11.8. The standard InChI is InChI=1S/C16H23NO4/c1-12(17-10-14(18)21-16(2,3)4)15(19)20-11-13-8-6-5-7-9-13/h5-9,12,17H,10-11H2,1-4H3. The third-order valence-corrected chi connectivity index (χ3v) is 2.55. The minimum atomic E-state index is -0.568. The van der Waals surface area contributed by atoms with Crippen LogP contribution in [0.1, 0.15) is 33.3 Å². The Labute approximate surface area is 125 Å². The van der Waals surface area contributed by atoms with Crippen molar-refractivity contribution in [2.45, 2.75) is 45.9 Å². The van der Waals surface area contributed by atoms with Crippen molar-refractivity contribution in [3.63, 3.8) is 0 Å². The van der Waals surface area contributed by atoms with Gasteiger partial charge in [0.1, 0.15) is 18.2 Å². The maximum Gasteiger partial charge on any atom is 0.323 e. The van der Waals surface area contributed by atoms with E-state index in [1.54, 1.807) is 27.7 Å². The first kappa shape index (κ1) is 17.2. The molecule has 5 heteroatoms. The van der Waals surface area contributed by atoms with Crippen LogP contribution in [0.15, 0.2) is 30.3 Å². The highest BCUT2D eigenvalue weighted by Gasteiger charge is 2.19. The Morgan fingerprint density at radius 2 is 1.81 bits per heavy atom. The van der Waals surface area contributed by atoms with Gasteiger partial charge in [-0.05, 0) is 33.3 Å². The molecule has 0 radical (unpaired) electrons. The average molecular weight is 293 g/mol. The number of benzene rings is 1. The van der Waals surface area contributed by atoms with Gasteiger partial charge in [-0.15, -0.1) is 0 Å². The van der Waals surface area contributed by atoms with E-state index < -0.39 is 23.6 Å². The zero-order valence-corrected chi connectivity index (χ0v) is 13.0. The molecule has 0 saturated carbocycles. The normalized spacial score (nSPS) is 12.6. The lowest BCUT2D eigenvalue weighted by atomic mass is 10.2. The number of nitrogens with one attached hydrogen (secondary N) is 1. The van der Waals surface area contributed by atoms with Crippen LogP contribution >= 0.6 is 0 Å². The molecule has 116 valence electrons. The van der Waals surface area contributed by atoms with Crippen LogP contribution in [0.25, 0.3) is 0 Å². The summed E-state index contributed by atoms with van der Waals surface area (Å²) in [4.78, 5) is 23.3. The van der Waals surface area contributed by atoms with Crippen molar-refractivity contribution in [3.05, 3.63) is 35.9 Å². The molecule has 5 nitrogen and oxygen atoms in total. The lowest BCUT2D eigenvalue weighted by molar-refractivity contribution is -0.154. The minimum Gasteiger partial charge on any atom is -0.460 e. The Kier molecular flexibility index (Phi) is 6.37. The molecule has 0 heterocycles. The van der Waals surface area contributed by atoms with Crippen LogP contribution in [0.5, 0.6) is 0 Å². The van der Waals surface area contributed by atoms with Gasteiger partial charge in [0.05, 0.1) is 6.54 Å². The minimum absolute atomic E-state index is 0.0289. The molecule has 1 aromatic rings. The fourth-order valence-electron chi connectivity index (χ4n) is 1.55. The third kappa shape index (κ3) is 7.46. The monoisotopic (exact) mass is 293 g/mol. The van der Waals surface area contributed by atoms with E-state index in [1.165, 1.54) is 0 Å². The summed E-state index contributed by atoms with van der Waals surface area (Å²) >= 11 is 0.